The van der Waals surface area contributed by atoms with Gasteiger partial charge in [-0.3, -0.25) is 4.98 Å². The summed E-state index contributed by atoms with van der Waals surface area (Å²) in [4.78, 5) is 4.36. The van der Waals surface area contributed by atoms with Crippen LogP contribution in [-0.4, -0.2) is 36.1 Å². The van der Waals surface area contributed by atoms with Crippen molar-refractivity contribution in [3.8, 4) is 0 Å². The Labute approximate surface area is 107 Å². The number of nitrogens with zero attached hydrogens (tertiary/aromatic N) is 1. The zero-order valence-corrected chi connectivity index (χ0v) is 10.9. The first kappa shape index (κ1) is 12.1. The number of pyridine rings is 1. The molecule has 5 heteroatoms. The number of fused-ring (bicyclic) bond motifs is 1. The molecule has 0 bridgehead atoms. The fourth-order valence-corrected chi connectivity index (χ4v) is 5.04. The fraction of sp³-hybridized carbons (Fsp3) is 0.615. The van der Waals surface area contributed by atoms with E-state index in [4.69, 9.17) is 0 Å². The maximum atomic E-state index is 11.5. The van der Waals surface area contributed by atoms with E-state index in [1.807, 2.05) is 12.1 Å². The van der Waals surface area contributed by atoms with Gasteiger partial charge >= 0.3 is 0 Å². The molecule has 1 N–H and O–H groups in total. The maximum absolute atomic E-state index is 11.5. The second-order valence-corrected chi connectivity index (χ2v) is 7.58. The molecule has 0 spiro atoms. The lowest BCUT2D eigenvalue weighted by Crippen LogP contribution is -2.28. The molecule has 18 heavy (non-hydrogen) atoms. The first-order valence-corrected chi connectivity index (χ1v) is 8.21. The molecule has 3 rings (SSSR count). The summed E-state index contributed by atoms with van der Waals surface area (Å²) in [5.74, 6) is 0.246. The Kier molecular flexibility index (Phi) is 2.90. The van der Waals surface area contributed by atoms with E-state index in [9.17, 15) is 13.5 Å². The van der Waals surface area contributed by atoms with Gasteiger partial charge in [0.25, 0.3) is 0 Å². The van der Waals surface area contributed by atoms with Gasteiger partial charge in [-0.1, -0.05) is 6.07 Å². The quantitative estimate of drug-likeness (QED) is 0.864. The van der Waals surface area contributed by atoms with E-state index < -0.39 is 15.9 Å². The SMILES string of the molecule is O=S1(=O)CCC(C(O)C2CCc3cccnc32)C1. The molecular formula is C13H17NO3S. The van der Waals surface area contributed by atoms with Gasteiger partial charge in [-0.2, -0.15) is 0 Å². The Morgan fingerprint density at radius 2 is 2.22 bits per heavy atom. The number of rotatable bonds is 2. The summed E-state index contributed by atoms with van der Waals surface area (Å²) in [7, 11) is -2.93. The Balaban J connectivity index is 1.81. The highest BCUT2D eigenvalue weighted by atomic mass is 32.2. The summed E-state index contributed by atoms with van der Waals surface area (Å²) in [5, 5.41) is 10.4. The lowest BCUT2D eigenvalue weighted by atomic mass is 9.88. The predicted octanol–water partition coefficient (Wildman–Crippen LogP) is 0.907. The van der Waals surface area contributed by atoms with Crippen molar-refractivity contribution in [1.82, 2.24) is 4.98 Å². The second-order valence-electron chi connectivity index (χ2n) is 5.35. The molecule has 1 aromatic rings. The average molecular weight is 267 g/mol. The molecule has 0 aromatic carbocycles. The third-order valence-electron chi connectivity index (χ3n) is 4.16. The number of hydrogen-bond acceptors (Lipinski definition) is 4. The minimum Gasteiger partial charge on any atom is -0.392 e. The van der Waals surface area contributed by atoms with E-state index >= 15 is 0 Å². The largest absolute Gasteiger partial charge is 0.392 e. The van der Waals surface area contributed by atoms with Crippen LogP contribution in [0.2, 0.25) is 0 Å². The Morgan fingerprint density at radius 3 is 2.94 bits per heavy atom. The third-order valence-corrected chi connectivity index (χ3v) is 5.96. The highest BCUT2D eigenvalue weighted by Crippen LogP contribution is 2.38. The zero-order valence-electron chi connectivity index (χ0n) is 10.1. The molecule has 0 saturated carbocycles. The molecule has 2 heterocycles. The molecule has 0 amide bonds. The number of sulfone groups is 1. The van der Waals surface area contributed by atoms with E-state index in [-0.39, 0.29) is 23.3 Å². The van der Waals surface area contributed by atoms with Gasteiger partial charge in [-0.05, 0) is 30.9 Å². The van der Waals surface area contributed by atoms with Crippen LogP contribution in [0.3, 0.4) is 0 Å². The van der Waals surface area contributed by atoms with Gasteiger partial charge in [-0.15, -0.1) is 0 Å². The first-order chi connectivity index (χ1) is 8.57. The van der Waals surface area contributed by atoms with Crippen LogP contribution in [0.15, 0.2) is 18.3 Å². The van der Waals surface area contributed by atoms with Crippen molar-refractivity contribution in [3.05, 3.63) is 29.6 Å². The number of aryl methyl sites for hydroxylation is 1. The molecule has 1 aromatic heterocycles. The number of aromatic nitrogens is 1. The van der Waals surface area contributed by atoms with Gasteiger partial charge in [0.15, 0.2) is 9.84 Å². The number of hydrogen-bond donors (Lipinski definition) is 1. The maximum Gasteiger partial charge on any atom is 0.150 e. The second kappa shape index (κ2) is 4.31. The number of aliphatic hydroxyl groups is 1. The molecule has 4 nitrogen and oxygen atoms in total. The smallest absolute Gasteiger partial charge is 0.150 e. The lowest BCUT2D eigenvalue weighted by Gasteiger charge is -2.23. The molecule has 0 radical (unpaired) electrons. The van der Waals surface area contributed by atoms with Gasteiger partial charge in [-0.25, -0.2) is 8.42 Å². The predicted molar refractivity (Wildman–Crippen MR) is 68.1 cm³/mol. The van der Waals surface area contributed by atoms with Crippen LogP contribution >= 0.6 is 0 Å². The molecule has 1 fully saturated rings. The highest BCUT2D eigenvalue weighted by molar-refractivity contribution is 7.91. The van der Waals surface area contributed by atoms with Gasteiger partial charge < -0.3 is 5.11 Å². The molecule has 1 aliphatic carbocycles. The van der Waals surface area contributed by atoms with Gasteiger partial charge in [0.1, 0.15) is 0 Å². The number of aliphatic hydroxyl groups excluding tert-OH is 1. The first-order valence-electron chi connectivity index (χ1n) is 6.39. The summed E-state index contributed by atoms with van der Waals surface area (Å²) >= 11 is 0. The van der Waals surface area contributed by atoms with Crippen LogP contribution in [0, 0.1) is 5.92 Å². The normalized spacial score (nSPS) is 31.2. The van der Waals surface area contributed by atoms with Crippen molar-refractivity contribution in [2.24, 2.45) is 5.92 Å². The van der Waals surface area contributed by atoms with Crippen molar-refractivity contribution >= 4 is 9.84 Å². The van der Waals surface area contributed by atoms with E-state index in [0.717, 1.165) is 18.5 Å². The van der Waals surface area contributed by atoms with E-state index in [1.54, 1.807) is 6.20 Å². The van der Waals surface area contributed by atoms with Crippen LogP contribution in [0.25, 0.3) is 0 Å². The van der Waals surface area contributed by atoms with Crippen molar-refractivity contribution in [1.29, 1.82) is 0 Å². The zero-order chi connectivity index (χ0) is 12.8. The Hall–Kier alpha value is -0.940. The van der Waals surface area contributed by atoms with Gasteiger partial charge in [0, 0.05) is 23.7 Å². The summed E-state index contributed by atoms with van der Waals surface area (Å²) < 4.78 is 23.0. The average Bonchev–Trinajstić information content (AvgIpc) is 2.91. The molecule has 3 unspecified atom stereocenters. The minimum atomic E-state index is -2.93. The molecule has 2 aliphatic rings. The lowest BCUT2D eigenvalue weighted by molar-refractivity contribution is 0.0900. The summed E-state index contributed by atoms with van der Waals surface area (Å²) in [6.45, 7) is 0. The summed E-state index contributed by atoms with van der Waals surface area (Å²) in [5.41, 5.74) is 2.16. The molecule has 98 valence electrons. The van der Waals surface area contributed by atoms with E-state index in [0.29, 0.717) is 6.42 Å². The molecule has 3 atom stereocenters. The van der Waals surface area contributed by atoms with Crippen molar-refractivity contribution in [3.63, 3.8) is 0 Å². The highest BCUT2D eigenvalue weighted by Gasteiger charge is 2.39. The topological polar surface area (TPSA) is 67.3 Å². The van der Waals surface area contributed by atoms with Crippen molar-refractivity contribution in [2.45, 2.75) is 31.3 Å². The van der Waals surface area contributed by atoms with Crippen molar-refractivity contribution < 1.29 is 13.5 Å². The van der Waals surface area contributed by atoms with E-state index in [2.05, 4.69) is 4.98 Å². The monoisotopic (exact) mass is 267 g/mol. The minimum absolute atomic E-state index is 0.0134. The molecule has 1 aliphatic heterocycles. The van der Waals surface area contributed by atoms with Crippen LogP contribution in [0.5, 0.6) is 0 Å². The van der Waals surface area contributed by atoms with Gasteiger partial charge in [0.2, 0.25) is 0 Å². The fourth-order valence-electron chi connectivity index (χ4n) is 3.20. The van der Waals surface area contributed by atoms with E-state index in [1.165, 1.54) is 5.56 Å². The molecular weight excluding hydrogens is 250 g/mol. The Bertz CT molecular complexity index is 555. The van der Waals surface area contributed by atoms with Crippen LogP contribution in [0.1, 0.15) is 30.0 Å². The molecule has 1 saturated heterocycles. The van der Waals surface area contributed by atoms with Crippen molar-refractivity contribution in [2.75, 3.05) is 11.5 Å². The summed E-state index contributed by atoms with van der Waals surface area (Å²) in [6.07, 6.45) is 3.57. The Morgan fingerprint density at radius 1 is 1.39 bits per heavy atom. The standard InChI is InChI=1S/C13H17NO3S/c15-13(10-5-7-18(16,17)8-10)11-4-3-9-2-1-6-14-12(9)11/h1-2,6,10-11,13,15H,3-5,7-8H2. The summed E-state index contributed by atoms with van der Waals surface area (Å²) in [6, 6.07) is 3.95. The van der Waals surface area contributed by atoms with Crippen LogP contribution in [0.4, 0.5) is 0 Å². The van der Waals surface area contributed by atoms with Crippen LogP contribution < -0.4 is 0 Å². The third kappa shape index (κ3) is 2.06. The van der Waals surface area contributed by atoms with Gasteiger partial charge in [0.05, 0.1) is 17.6 Å². The van der Waals surface area contributed by atoms with Crippen LogP contribution in [-0.2, 0) is 16.3 Å².